The van der Waals surface area contributed by atoms with Gasteiger partial charge >= 0.3 is 0 Å². The number of aromatic nitrogens is 3. The van der Waals surface area contributed by atoms with Crippen molar-refractivity contribution in [3.05, 3.63) is 33.1 Å². The van der Waals surface area contributed by atoms with Gasteiger partial charge in [-0.15, -0.1) is 11.3 Å². The van der Waals surface area contributed by atoms with E-state index in [1.54, 1.807) is 17.4 Å². The summed E-state index contributed by atoms with van der Waals surface area (Å²) in [5, 5.41) is 6.91. The number of anilines is 1. The summed E-state index contributed by atoms with van der Waals surface area (Å²) in [4.78, 5) is 12.9. The molecule has 0 aliphatic rings. The molecule has 1 N–H and O–H groups in total. The fraction of sp³-hybridized carbons (Fsp3) is 0.417. The van der Waals surface area contributed by atoms with Crippen LogP contribution in [0.4, 0.5) is 5.82 Å². The van der Waals surface area contributed by atoms with Crippen LogP contribution in [0.3, 0.4) is 0 Å². The highest BCUT2D eigenvalue weighted by molar-refractivity contribution is 7.09. The van der Waals surface area contributed by atoms with E-state index in [9.17, 15) is 0 Å². The van der Waals surface area contributed by atoms with Gasteiger partial charge in [0.15, 0.2) is 0 Å². The number of nitrogens with zero attached hydrogens (tertiary/aromatic N) is 3. The maximum Gasteiger partial charge on any atom is 0.134 e. The molecule has 18 heavy (non-hydrogen) atoms. The molecule has 2 aromatic heterocycles. The first-order valence-corrected chi connectivity index (χ1v) is 7.11. The number of nitrogens with one attached hydrogen (secondary N) is 1. The molecule has 0 bridgehead atoms. The van der Waals surface area contributed by atoms with Crippen molar-refractivity contribution in [3.8, 4) is 0 Å². The lowest BCUT2D eigenvalue weighted by atomic mass is 10.3. The summed E-state index contributed by atoms with van der Waals surface area (Å²) in [5.74, 6) is 1.54. The topological polar surface area (TPSA) is 50.7 Å². The summed E-state index contributed by atoms with van der Waals surface area (Å²) in [6, 6.07) is 1.74. The largest absolute Gasteiger partial charge is 0.370 e. The lowest BCUT2D eigenvalue weighted by molar-refractivity contribution is 0.917. The third-order valence-corrected chi connectivity index (χ3v) is 3.43. The molecule has 0 atom stereocenters. The van der Waals surface area contributed by atoms with Gasteiger partial charge in [-0.2, -0.15) is 0 Å². The molecule has 0 amide bonds. The molecule has 0 aromatic carbocycles. The first-order valence-electron chi connectivity index (χ1n) is 5.85. The van der Waals surface area contributed by atoms with E-state index in [-0.39, 0.29) is 0 Å². The number of thiazole rings is 1. The van der Waals surface area contributed by atoms with Crippen molar-refractivity contribution < 1.29 is 0 Å². The molecule has 4 nitrogen and oxygen atoms in total. The van der Waals surface area contributed by atoms with Gasteiger partial charge in [-0.25, -0.2) is 15.0 Å². The smallest absolute Gasteiger partial charge is 0.134 e. The molecule has 0 aliphatic carbocycles. The average Bonchev–Trinajstić information content (AvgIpc) is 2.74. The summed E-state index contributed by atoms with van der Waals surface area (Å²) < 4.78 is 0. The minimum atomic E-state index is 0.480. The molecule has 2 heterocycles. The van der Waals surface area contributed by atoms with Crippen LogP contribution in [-0.4, -0.2) is 21.5 Å². The van der Waals surface area contributed by atoms with Crippen molar-refractivity contribution in [1.82, 2.24) is 15.0 Å². The van der Waals surface area contributed by atoms with Gasteiger partial charge in [-0.1, -0.05) is 18.5 Å². The highest BCUT2D eigenvalue weighted by Crippen LogP contribution is 2.13. The fourth-order valence-corrected chi connectivity index (χ4v) is 2.40. The Labute approximate surface area is 115 Å². The van der Waals surface area contributed by atoms with Gasteiger partial charge in [0.2, 0.25) is 0 Å². The van der Waals surface area contributed by atoms with Gasteiger partial charge < -0.3 is 5.32 Å². The SMILES string of the molecule is CCc1nc(Cl)cc(NCCc2csc(C)n2)n1. The Morgan fingerprint density at radius 3 is 2.83 bits per heavy atom. The van der Waals surface area contributed by atoms with Gasteiger partial charge in [0.1, 0.15) is 16.8 Å². The summed E-state index contributed by atoms with van der Waals surface area (Å²) in [6.07, 6.45) is 1.66. The Hall–Kier alpha value is -1.20. The van der Waals surface area contributed by atoms with Crippen LogP contribution in [0.1, 0.15) is 23.4 Å². The lowest BCUT2D eigenvalue weighted by Crippen LogP contribution is -2.08. The van der Waals surface area contributed by atoms with E-state index in [0.717, 1.165) is 41.7 Å². The van der Waals surface area contributed by atoms with E-state index in [0.29, 0.717) is 5.15 Å². The van der Waals surface area contributed by atoms with Crippen LogP contribution in [-0.2, 0) is 12.8 Å². The highest BCUT2D eigenvalue weighted by Gasteiger charge is 2.02. The summed E-state index contributed by atoms with van der Waals surface area (Å²) >= 11 is 7.60. The normalized spacial score (nSPS) is 10.6. The van der Waals surface area contributed by atoms with Crippen molar-refractivity contribution >= 4 is 28.8 Å². The predicted molar refractivity (Wildman–Crippen MR) is 75.5 cm³/mol. The number of hydrogen-bond donors (Lipinski definition) is 1. The molecule has 0 saturated heterocycles. The molecular weight excluding hydrogens is 268 g/mol. The van der Waals surface area contributed by atoms with E-state index in [2.05, 4.69) is 25.6 Å². The van der Waals surface area contributed by atoms with Crippen LogP contribution in [0.15, 0.2) is 11.4 Å². The van der Waals surface area contributed by atoms with Gasteiger partial charge in [0, 0.05) is 30.8 Å². The first kappa shape index (κ1) is 13.2. The van der Waals surface area contributed by atoms with Crippen LogP contribution >= 0.6 is 22.9 Å². The summed E-state index contributed by atoms with van der Waals surface area (Å²) in [7, 11) is 0. The second-order valence-corrected chi connectivity index (χ2v) is 5.33. The third kappa shape index (κ3) is 3.65. The summed E-state index contributed by atoms with van der Waals surface area (Å²) in [5.41, 5.74) is 1.11. The third-order valence-electron chi connectivity index (χ3n) is 2.41. The van der Waals surface area contributed by atoms with Crippen molar-refractivity contribution in [2.75, 3.05) is 11.9 Å². The van der Waals surface area contributed by atoms with E-state index >= 15 is 0 Å². The lowest BCUT2D eigenvalue weighted by Gasteiger charge is -2.06. The maximum absolute atomic E-state index is 5.93. The van der Waals surface area contributed by atoms with Crippen LogP contribution in [0, 0.1) is 6.92 Å². The molecular formula is C12H15ClN4S. The first-order chi connectivity index (χ1) is 8.67. The molecule has 0 fully saturated rings. The standard InChI is InChI=1S/C12H15ClN4S/c1-3-11-16-10(13)6-12(17-11)14-5-4-9-7-18-8(2)15-9/h6-7H,3-5H2,1-2H3,(H,14,16,17). The average molecular weight is 283 g/mol. The maximum atomic E-state index is 5.93. The Kier molecular flexibility index (Phi) is 4.49. The second-order valence-electron chi connectivity index (χ2n) is 3.88. The van der Waals surface area contributed by atoms with E-state index < -0.39 is 0 Å². The van der Waals surface area contributed by atoms with Crippen LogP contribution in [0.5, 0.6) is 0 Å². The van der Waals surface area contributed by atoms with Gasteiger partial charge in [-0.05, 0) is 6.92 Å². The number of halogens is 1. The molecule has 0 unspecified atom stereocenters. The Bertz CT molecular complexity index is 527. The zero-order valence-electron chi connectivity index (χ0n) is 10.4. The zero-order chi connectivity index (χ0) is 13.0. The molecule has 0 aliphatic heterocycles. The summed E-state index contributed by atoms with van der Waals surface area (Å²) in [6.45, 7) is 4.81. The Balaban J connectivity index is 1.91. The van der Waals surface area contributed by atoms with Gasteiger partial charge in [-0.3, -0.25) is 0 Å². The van der Waals surface area contributed by atoms with Crippen LogP contribution in [0.25, 0.3) is 0 Å². The number of aryl methyl sites for hydroxylation is 2. The van der Waals surface area contributed by atoms with Gasteiger partial charge in [0.25, 0.3) is 0 Å². The Morgan fingerprint density at radius 1 is 1.33 bits per heavy atom. The molecule has 0 spiro atoms. The molecule has 0 saturated carbocycles. The monoisotopic (exact) mass is 282 g/mol. The molecule has 6 heteroatoms. The number of hydrogen-bond acceptors (Lipinski definition) is 5. The van der Waals surface area contributed by atoms with Gasteiger partial charge in [0.05, 0.1) is 10.7 Å². The van der Waals surface area contributed by atoms with Crippen molar-refractivity contribution in [1.29, 1.82) is 0 Å². The van der Waals surface area contributed by atoms with Crippen molar-refractivity contribution in [2.24, 2.45) is 0 Å². The van der Waals surface area contributed by atoms with Crippen LogP contribution in [0.2, 0.25) is 5.15 Å². The molecule has 2 aromatic rings. The van der Waals surface area contributed by atoms with Crippen LogP contribution < -0.4 is 5.32 Å². The molecule has 96 valence electrons. The highest BCUT2D eigenvalue weighted by atomic mass is 35.5. The number of rotatable bonds is 5. The molecule has 0 radical (unpaired) electrons. The van der Waals surface area contributed by atoms with Crippen molar-refractivity contribution in [3.63, 3.8) is 0 Å². The van der Waals surface area contributed by atoms with E-state index in [4.69, 9.17) is 11.6 Å². The quantitative estimate of drug-likeness (QED) is 0.856. The fourth-order valence-electron chi connectivity index (χ4n) is 1.56. The minimum absolute atomic E-state index is 0.480. The minimum Gasteiger partial charge on any atom is -0.370 e. The van der Waals surface area contributed by atoms with E-state index in [1.165, 1.54) is 0 Å². The predicted octanol–water partition coefficient (Wildman–Crippen LogP) is 3.11. The Morgan fingerprint density at radius 2 is 2.17 bits per heavy atom. The second kappa shape index (κ2) is 6.11. The molecule has 2 rings (SSSR count). The van der Waals surface area contributed by atoms with Crippen molar-refractivity contribution in [2.45, 2.75) is 26.7 Å². The zero-order valence-corrected chi connectivity index (χ0v) is 12.0. The van der Waals surface area contributed by atoms with E-state index in [1.807, 2.05) is 13.8 Å².